The zero-order valence-electron chi connectivity index (χ0n) is 8.05. The lowest BCUT2D eigenvalue weighted by Gasteiger charge is -2.11. The van der Waals surface area contributed by atoms with E-state index in [0.29, 0.717) is 6.29 Å². The van der Waals surface area contributed by atoms with Crippen LogP contribution in [0, 0.1) is 0 Å². The van der Waals surface area contributed by atoms with Crippen molar-refractivity contribution in [2.24, 2.45) is 5.73 Å². The average Bonchev–Trinajstić information content (AvgIpc) is 2.21. The van der Waals surface area contributed by atoms with Crippen molar-refractivity contribution >= 4 is 30.8 Å². The molecule has 0 aromatic carbocycles. The molecule has 1 amide bonds. The summed E-state index contributed by atoms with van der Waals surface area (Å²) in [5.41, 5.74) is 5.26. The van der Waals surface area contributed by atoms with Gasteiger partial charge in [0.2, 0.25) is 5.91 Å². The number of hydrogen-bond acceptors (Lipinski definition) is 5. The Hall–Kier alpha value is -1.08. The fourth-order valence-electron chi connectivity index (χ4n) is 0.818. The van der Waals surface area contributed by atoms with Crippen molar-refractivity contribution in [3.63, 3.8) is 0 Å². The minimum Gasteiger partial charge on any atom is -0.480 e. The first-order valence-electron chi connectivity index (χ1n) is 4.35. The quantitative estimate of drug-likeness (QED) is 0.326. The van der Waals surface area contributed by atoms with Gasteiger partial charge in [-0.2, -0.15) is 12.6 Å². The number of aldehydes is 1. The summed E-state index contributed by atoms with van der Waals surface area (Å²) in [4.78, 5) is 31.8. The third-order valence-corrected chi connectivity index (χ3v) is 2.06. The predicted octanol–water partition coefficient (Wildman–Crippen LogP) is -1.21. The maximum absolute atomic E-state index is 11.2. The molecule has 0 saturated heterocycles. The van der Waals surface area contributed by atoms with Crippen LogP contribution in [0.25, 0.3) is 0 Å². The number of amides is 1. The Morgan fingerprint density at radius 1 is 1.53 bits per heavy atom. The van der Waals surface area contributed by atoms with Gasteiger partial charge in [0, 0.05) is 12.2 Å². The third kappa shape index (κ3) is 6.08. The summed E-state index contributed by atoms with van der Waals surface area (Å²) >= 11 is 3.78. The molecule has 0 aliphatic carbocycles. The zero-order valence-corrected chi connectivity index (χ0v) is 8.94. The van der Waals surface area contributed by atoms with Crippen LogP contribution in [0.5, 0.6) is 0 Å². The van der Waals surface area contributed by atoms with Crippen molar-refractivity contribution in [3.05, 3.63) is 0 Å². The van der Waals surface area contributed by atoms with Crippen molar-refractivity contribution in [3.8, 4) is 0 Å². The molecule has 6 nitrogen and oxygen atoms in total. The van der Waals surface area contributed by atoms with Crippen molar-refractivity contribution < 1.29 is 19.5 Å². The van der Waals surface area contributed by atoms with Crippen molar-refractivity contribution in [1.29, 1.82) is 0 Å². The van der Waals surface area contributed by atoms with Crippen LogP contribution in [0.4, 0.5) is 0 Å². The van der Waals surface area contributed by atoms with Crippen molar-refractivity contribution in [2.45, 2.75) is 24.9 Å². The first-order valence-corrected chi connectivity index (χ1v) is 4.98. The van der Waals surface area contributed by atoms with Crippen LogP contribution < -0.4 is 11.1 Å². The Labute approximate surface area is 92.6 Å². The summed E-state index contributed by atoms with van der Waals surface area (Å²) < 4.78 is 0. The lowest BCUT2D eigenvalue weighted by atomic mass is 10.2. The van der Waals surface area contributed by atoms with Crippen LogP contribution in [-0.4, -0.2) is 41.1 Å². The Morgan fingerprint density at radius 3 is 2.53 bits per heavy atom. The van der Waals surface area contributed by atoms with Crippen LogP contribution in [0.2, 0.25) is 0 Å². The summed E-state index contributed by atoms with van der Waals surface area (Å²) in [5, 5.41) is 10.9. The van der Waals surface area contributed by atoms with E-state index >= 15 is 0 Å². The highest BCUT2D eigenvalue weighted by Crippen LogP contribution is 1.95. The summed E-state index contributed by atoms with van der Waals surface area (Å²) in [6.45, 7) is 0. The van der Waals surface area contributed by atoms with Gasteiger partial charge in [-0.1, -0.05) is 0 Å². The molecule has 15 heavy (non-hydrogen) atoms. The standard InChI is InChI=1S/C8H14N2O4S/c9-5(3-11)1-2-7(12)10-6(4-15)8(13)14/h3,5-6,15H,1-2,4,9H2,(H,10,12)(H,13,14)/t5-,6-/m0/s1. The minimum atomic E-state index is -1.14. The zero-order chi connectivity index (χ0) is 11.8. The number of nitrogens with two attached hydrogens (primary N) is 1. The summed E-state index contributed by atoms with van der Waals surface area (Å²) in [7, 11) is 0. The molecule has 0 spiro atoms. The van der Waals surface area contributed by atoms with Crippen molar-refractivity contribution in [1.82, 2.24) is 5.32 Å². The molecule has 0 fully saturated rings. The van der Waals surface area contributed by atoms with Gasteiger partial charge in [-0.25, -0.2) is 4.79 Å². The second-order valence-corrected chi connectivity index (χ2v) is 3.34. The second kappa shape index (κ2) is 7.24. The number of nitrogens with one attached hydrogen (secondary N) is 1. The van der Waals surface area contributed by atoms with Crippen LogP contribution in [0.1, 0.15) is 12.8 Å². The smallest absolute Gasteiger partial charge is 0.327 e. The number of carboxylic acid groups (broad SMARTS) is 1. The van der Waals surface area contributed by atoms with Gasteiger partial charge in [0.1, 0.15) is 12.3 Å². The highest BCUT2D eigenvalue weighted by Gasteiger charge is 2.17. The van der Waals surface area contributed by atoms with Gasteiger partial charge < -0.3 is 21.0 Å². The third-order valence-electron chi connectivity index (χ3n) is 1.70. The van der Waals surface area contributed by atoms with Crippen LogP contribution in [0.15, 0.2) is 0 Å². The fraction of sp³-hybridized carbons (Fsp3) is 0.625. The molecule has 86 valence electrons. The van der Waals surface area contributed by atoms with E-state index in [9.17, 15) is 14.4 Å². The van der Waals surface area contributed by atoms with E-state index in [1.165, 1.54) is 0 Å². The van der Waals surface area contributed by atoms with E-state index in [1.807, 2.05) is 0 Å². The van der Waals surface area contributed by atoms with E-state index < -0.39 is 24.0 Å². The molecule has 2 atom stereocenters. The van der Waals surface area contributed by atoms with E-state index in [0.717, 1.165) is 0 Å². The number of hydrogen-bond donors (Lipinski definition) is 4. The lowest BCUT2D eigenvalue weighted by Crippen LogP contribution is -2.42. The van der Waals surface area contributed by atoms with E-state index in [1.54, 1.807) is 0 Å². The number of rotatable bonds is 7. The van der Waals surface area contributed by atoms with E-state index in [-0.39, 0.29) is 18.6 Å². The largest absolute Gasteiger partial charge is 0.480 e. The molecule has 0 heterocycles. The number of thiol groups is 1. The highest BCUT2D eigenvalue weighted by molar-refractivity contribution is 7.80. The number of aliphatic carboxylic acids is 1. The van der Waals surface area contributed by atoms with Crippen LogP contribution in [0.3, 0.4) is 0 Å². The Morgan fingerprint density at radius 2 is 2.13 bits per heavy atom. The Balaban J connectivity index is 3.91. The molecular formula is C8H14N2O4S. The average molecular weight is 234 g/mol. The molecule has 0 saturated carbocycles. The van der Waals surface area contributed by atoms with Crippen LogP contribution in [-0.2, 0) is 14.4 Å². The topological polar surface area (TPSA) is 109 Å². The van der Waals surface area contributed by atoms with Gasteiger partial charge in [-0.15, -0.1) is 0 Å². The fourth-order valence-corrected chi connectivity index (χ4v) is 1.07. The Bertz CT molecular complexity index is 247. The molecule has 0 aliphatic heterocycles. The molecule has 0 radical (unpaired) electrons. The van der Waals surface area contributed by atoms with Gasteiger partial charge in [-0.3, -0.25) is 4.79 Å². The molecular weight excluding hydrogens is 220 g/mol. The number of carbonyl (C=O) groups is 3. The molecule has 0 aromatic heterocycles. The summed E-state index contributed by atoms with van der Waals surface area (Å²) in [6.07, 6.45) is 0.770. The molecule has 0 bridgehead atoms. The van der Waals surface area contributed by atoms with Gasteiger partial charge in [-0.05, 0) is 6.42 Å². The van der Waals surface area contributed by atoms with Gasteiger partial charge in [0.15, 0.2) is 0 Å². The Kier molecular flexibility index (Phi) is 6.72. The molecule has 0 aromatic rings. The molecule has 0 aliphatic rings. The van der Waals surface area contributed by atoms with Crippen molar-refractivity contribution in [2.75, 3.05) is 5.75 Å². The van der Waals surface area contributed by atoms with Gasteiger partial charge in [0.05, 0.1) is 6.04 Å². The predicted molar refractivity (Wildman–Crippen MR) is 56.7 cm³/mol. The molecule has 0 unspecified atom stereocenters. The van der Waals surface area contributed by atoms with E-state index in [4.69, 9.17) is 10.8 Å². The molecule has 0 rings (SSSR count). The molecule has 7 heteroatoms. The van der Waals surface area contributed by atoms with E-state index in [2.05, 4.69) is 17.9 Å². The van der Waals surface area contributed by atoms with Gasteiger partial charge >= 0.3 is 5.97 Å². The summed E-state index contributed by atoms with van der Waals surface area (Å²) in [5.74, 6) is -1.58. The first-order chi connectivity index (χ1) is 7.01. The first kappa shape index (κ1) is 13.9. The number of carbonyl (C=O) groups excluding carboxylic acids is 2. The number of carboxylic acids is 1. The lowest BCUT2D eigenvalue weighted by molar-refractivity contribution is -0.141. The maximum atomic E-state index is 11.2. The monoisotopic (exact) mass is 234 g/mol. The minimum absolute atomic E-state index is 0.0147. The summed E-state index contributed by atoms with van der Waals surface area (Å²) in [6, 6.07) is -1.69. The normalized spacial score (nSPS) is 14.0. The second-order valence-electron chi connectivity index (χ2n) is 2.98. The molecule has 4 N–H and O–H groups in total. The highest BCUT2D eigenvalue weighted by atomic mass is 32.1. The SMILES string of the molecule is N[C@H](C=O)CCC(=O)N[C@@H](CS)C(=O)O. The van der Waals surface area contributed by atoms with Gasteiger partial charge in [0.25, 0.3) is 0 Å². The van der Waals surface area contributed by atoms with Crippen LogP contribution >= 0.6 is 12.6 Å². The maximum Gasteiger partial charge on any atom is 0.327 e.